The number of hydrogen-bond acceptors (Lipinski definition) is 4. The minimum atomic E-state index is 0. The smallest absolute Gasteiger partial charge is 0.105 e. The van der Waals surface area contributed by atoms with Gasteiger partial charge >= 0.3 is 0 Å². The Bertz CT molecular complexity index is 846. The Kier molecular flexibility index (Phi) is 4.95. The molecule has 1 atom stereocenters. The molecule has 130 valence electrons. The molecular weight excluding hydrogens is 334 g/mol. The molecule has 1 aromatic heterocycles. The summed E-state index contributed by atoms with van der Waals surface area (Å²) in [5.74, 6) is 0. The number of halogens is 1. The molecule has 1 aliphatic heterocycles. The Labute approximate surface area is 153 Å². The van der Waals surface area contributed by atoms with Crippen molar-refractivity contribution in [3.05, 3.63) is 66.0 Å². The van der Waals surface area contributed by atoms with E-state index in [1.807, 2.05) is 53.3 Å². The zero-order chi connectivity index (χ0) is 16.5. The molecular formula is C19H22ClN5. The highest BCUT2D eigenvalue weighted by Gasteiger charge is 2.25. The van der Waals surface area contributed by atoms with E-state index in [9.17, 15) is 0 Å². The van der Waals surface area contributed by atoms with Crippen molar-refractivity contribution in [1.29, 1.82) is 0 Å². The zero-order valence-corrected chi connectivity index (χ0v) is 15.0. The lowest BCUT2D eigenvalue weighted by Gasteiger charge is -2.35. The molecule has 2 N–H and O–H groups in total. The van der Waals surface area contributed by atoms with Gasteiger partial charge in [0.2, 0.25) is 0 Å². The normalized spacial score (nSPS) is 14.5. The van der Waals surface area contributed by atoms with Gasteiger partial charge in [0.05, 0.1) is 17.9 Å². The Morgan fingerprint density at radius 3 is 2.68 bits per heavy atom. The van der Waals surface area contributed by atoms with Crippen molar-refractivity contribution < 1.29 is 0 Å². The Morgan fingerprint density at radius 1 is 1.08 bits per heavy atom. The second-order valence-corrected chi connectivity index (χ2v) is 6.24. The SMILES string of the molecule is CC(c1cn(-c2ccccc2)nn1)N1CCCc2c(N)cccc21.Cl. The largest absolute Gasteiger partial charge is 0.398 e. The maximum atomic E-state index is 6.16. The summed E-state index contributed by atoms with van der Waals surface area (Å²) in [6.45, 7) is 3.19. The van der Waals surface area contributed by atoms with Crippen molar-refractivity contribution >= 4 is 23.8 Å². The molecule has 0 radical (unpaired) electrons. The van der Waals surface area contributed by atoms with Crippen molar-refractivity contribution in [2.24, 2.45) is 0 Å². The summed E-state index contributed by atoms with van der Waals surface area (Å²) in [6, 6.07) is 16.4. The molecule has 4 rings (SSSR count). The lowest BCUT2D eigenvalue weighted by molar-refractivity contribution is 0.604. The van der Waals surface area contributed by atoms with E-state index < -0.39 is 0 Å². The number of benzene rings is 2. The molecule has 1 unspecified atom stereocenters. The van der Waals surface area contributed by atoms with Crippen LogP contribution in [0.3, 0.4) is 0 Å². The van der Waals surface area contributed by atoms with Gasteiger partial charge in [-0.05, 0) is 49.6 Å². The van der Waals surface area contributed by atoms with Crippen LogP contribution in [0.5, 0.6) is 0 Å². The van der Waals surface area contributed by atoms with Gasteiger partial charge in [-0.3, -0.25) is 0 Å². The van der Waals surface area contributed by atoms with Gasteiger partial charge < -0.3 is 10.6 Å². The maximum Gasteiger partial charge on any atom is 0.105 e. The molecule has 2 heterocycles. The van der Waals surface area contributed by atoms with Crippen LogP contribution in [0.15, 0.2) is 54.7 Å². The zero-order valence-electron chi connectivity index (χ0n) is 14.2. The summed E-state index contributed by atoms with van der Waals surface area (Å²) in [5.41, 5.74) is 11.5. The molecule has 2 aromatic carbocycles. The predicted octanol–water partition coefficient (Wildman–Crippen LogP) is 3.79. The lowest BCUT2D eigenvalue weighted by Crippen LogP contribution is -2.32. The van der Waals surface area contributed by atoms with E-state index in [-0.39, 0.29) is 18.4 Å². The first-order valence-electron chi connectivity index (χ1n) is 8.36. The molecule has 0 spiro atoms. The molecule has 0 saturated carbocycles. The molecule has 25 heavy (non-hydrogen) atoms. The van der Waals surface area contributed by atoms with Crippen LogP contribution in [0.2, 0.25) is 0 Å². The standard InChI is InChI=1S/C19H21N5.ClH/c1-14(18-13-24(22-21-18)15-7-3-2-4-8-15)23-12-6-9-16-17(20)10-5-11-19(16)23;/h2-5,7-8,10-11,13-14H,6,9,12,20H2,1H3;1H. The Balaban J connectivity index is 0.00000182. The summed E-state index contributed by atoms with van der Waals surface area (Å²) < 4.78 is 1.83. The van der Waals surface area contributed by atoms with Crippen LogP contribution in [-0.2, 0) is 6.42 Å². The predicted molar refractivity (Wildman–Crippen MR) is 104 cm³/mol. The lowest BCUT2D eigenvalue weighted by atomic mass is 9.98. The minimum absolute atomic E-state index is 0. The first kappa shape index (κ1) is 17.3. The number of rotatable bonds is 3. The first-order chi connectivity index (χ1) is 11.7. The van der Waals surface area contributed by atoms with E-state index in [0.29, 0.717) is 0 Å². The van der Waals surface area contributed by atoms with Crippen LogP contribution in [0.25, 0.3) is 5.69 Å². The van der Waals surface area contributed by atoms with Crippen LogP contribution in [-0.4, -0.2) is 21.5 Å². The van der Waals surface area contributed by atoms with Crippen molar-refractivity contribution in [3.63, 3.8) is 0 Å². The first-order valence-corrected chi connectivity index (χ1v) is 8.36. The molecule has 0 fully saturated rings. The van der Waals surface area contributed by atoms with Crippen molar-refractivity contribution in [2.45, 2.75) is 25.8 Å². The second-order valence-electron chi connectivity index (χ2n) is 6.24. The second kappa shape index (κ2) is 7.15. The van der Waals surface area contributed by atoms with E-state index >= 15 is 0 Å². The van der Waals surface area contributed by atoms with Gasteiger partial charge in [0, 0.05) is 17.9 Å². The maximum absolute atomic E-state index is 6.16. The number of nitrogen functional groups attached to an aromatic ring is 1. The quantitative estimate of drug-likeness (QED) is 0.726. The van der Waals surface area contributed by atoms with Crippen molar-refractivity contribution in [2.75, 3.05) is 17.2 Å². The molecule has 3 aromatic rings. The molecule has 0 aliphatic carbocycles. The van der Waals surface area contributed by atoms with E-state index in [1.54, 1.807) is 0 Å². The molecule has 0 saturated heterocycles. The fourth-order valence-corrected chi connectivity index (χ4v) is 3.42. The van der Waals surface area contributed by atoms with Gasteiger partial charge in [0.15, 0.2) is 0 Å². The molecule has 0 amide bonds. The van der Waals surface area contributed by atoms with Crippen LogP contribution < -0.4 is 10.6 Å². The highest BCUT2D eigenvalue weighted by Crippen LogP contribution is 2.36. The summed E-state index contributed by atoms with van der Waals surface area (Å²) >= 11 is 0. The number of nitrogens with two attached hydrogens (primary N) is 1. The number of fused-ring (bicyclic) bond motifs is 1. The van der Waals surface area contributed by atoms with E-state index in [4.69, 9.17) is 5.73 Å². The average molecular weight is 356 g/mol. The average Bonchev–Trinajstić information content (AvgIpc) is 3.12. The monoisotopic (exact) mass is 355 g/mol. The van der Waals surface area contributed by atoms with Crippen LogP contribution >= 0.6 is 12.4 Å². The van der Waals surface area contributed by atoms with Crippen molar-refractivity contribution in [3.8, 4) is 5.69 Å². The van der Waals surface area contributed by atoms with Gasteiger partial charge in [-0.1, -0.05) is 29.5 Å². The fraction of sp³-hybridized carbons (Fsp3) is 0.263. The van der Waals surface area contributed by atoms with Crippen LogP contribution in [0.4, 0.5) is 11.4 Å². The molecule has 6 heteroatoms. The highest BCUT2D eigenvalue weighted by atomic mass is 35.5. The summed E-state index contributed by atoms with van der Waals surface area (Å²) in [5, 5.41) is 8.69. The number of nitrogens with zero attached hydrogens (tertiary/aromatic N) is 4. The van der Waals surface area contributed by atoms with Crippen LogP contribution in [0.1, 0.15) is 30.6 Å². The third-order valence-corrected chi connectivity index (χ3v) is 4.75. The van der Waals surface area contributed by atoms with E-state index in [2.05, 4.69) is 28.2 Å². The van der Waals surface area contributed by atoms with Crippen molar-refractivity contribution in [1.82, 2.24) is 15.0 Å². The van der Waals surface area contributed by atoms with E-state index in [0.717, 1.165) is 36.5 Å². The molecule has 1 aliphatic rings. The minimum Gasteiger partial charge on any atom is -0.398 e. The highest BCUT2D eigenvalue weighted by molar-refractivity contribution is 5.85. The summed E-state index contributed by atoms with van der Waals surface area (Å²) in [7, 11) is 0. The number of hydrogen-bond donors (Lipinski definition) is 1. The molecule has 0 bridgehead atoms. The van der Waals surface area contributed by atoms with Gasteiger partial charge in [0.1, 0.15) is 5.69 Å². The third-order valence-electron chi connectivity index (χ3n) is 4.75. The summed E-state index contributed by atoms with van der Waals surface area (Å²) in [4.78, 5) is 2.38. The van der Waals surface area contributed by atoms with Gasteiger partial charge in [-0.25, -0.2) is 4.68 Å². The van der Waals surface area contributed by atoms with E-state index in [1.165, 1.54) is 11.3 Å². The third kappa shape index (κ3) is 3.20. The van der Waals surface area contributed by atoms with Crippen LogP contribution in [0, 0.1) is 0 Å². The fourth-order valence-electron chi connectivity index (χ4n) is 3.42. The Hall–Kier alpha value is -2.53. The van der Waals surface area contributed by atoms with Gasteiger partial charge in [0.25, 0.3) is 0 Å². The Morgan fingerprint density at radius 2 is 1.88 bits per heavy atom. The summed E-state index contributed by atoms with van der Waals surface area (Å²) in [6.07, 6.45) is 4.17. The number of aromatic nitrogens is 3. The number of anilines is 2. The molecule has 5 nitrogen and oxygen atoms in total. The number of para-hydroxylation sites is 1. The topological polar surface area (TPSA) is 60.0 Å². The van der Waals surface area contributed by atoms with Gasteiger partial charge in [-0.15, -0.1) is 17.5 Å². The van der Waals surface area contributed by atoms with Gasteiger partial charge in [-0.2, -0.15) is 0 Å².